The number of nitro groups is 1. The maximum absolute atomic E-state index is 10.6. The summed E-state index contributed by atoms with van der Waals surface area (Å²) in [4.78, 5) is 10.2. The summed E-state index contributed by atoms with van der Waals surface area (Å²) >= 11 is 3.24. The molecule has 15 heavy (non-hydrogen) atoms. The Bertz CT molecular complexity index is 368. The molecule has 0 bridgehead atoms. The zero-order valence-corrected chi connectivity index (χ0v) is 10.1. The third kappa shape index (κ3) is 3.94. The topological polar surface area (TPSA) is 58.4 Å². The fourth-order valence-corrected chi connectivity index (χ4v) is 1.62. The van der Waals surface area contributed by atoms with Crippen LogP contribution in [-0.2, 0) is 6.54 Å². The van der Waals surface area contributed by atoms with Crippen molar-refractivity contribution in [2.45, 2.75) is 6.54 Å². The van der Waals surface area contributed by atoms with Gasteiger partial charge in [-0.3, -0.25) is 20.5 Å². The van der Waals surface area contributed by atoms with Crippen LogP contribution in [0.15, 0.2) is 22.7 Å². The minimum Gasteiger partial charge on any atom is -0.258 e. The maximum Gasteiger partial charge on any atom is 0.270 e. The molecule has 0 radical (unpaired) electrons. The van der Waals surface area contributed by atoms with Gasteiger partial charge in [-0.2, -0.15) is 0 Å². The molecule has 82 valence electrons. The second-order valence-corrected chi connectivity index (χ2v) is 4.22. The summed E-state index contributed by atoms with van der Waals surface area (Å²) < 4.78 is 0.715. The van der Waals surface area contributed by atoms with Crippen LogP contribution in [0.25, 0.3) is 0 Å². The van der Waals surface area contributed by atoms with E-state index in [0.717, 1.165) is 5.56 Å². The highest BCUT2D eigenvalue weighted by molar-refractivity contribution is 9.10. The molecule has 0 aliphatic rings. The Hall–Kier alpha value is -0.980. The third-order valence-corrected chi connectivity index (χ3v) is 2.21. The zero-order chi connectivity index (χ0) is 11.4. The Labute approximate surface area is 96.3 Å². The molecule has 0 spiro atoms. The van der Waals surface area contributed by atoms with Crippen LogP contribution in [0.1, 0.15) is 5.56 Å². The van der Waals surface area contributed by atoms with Gasteiger partial charge in [0.05, 0.1) is 4.92 Å². The van der Waals surface area contributed by atoms with Gasteiger partial charge in [0.25, 0.3) is 5.69 Å². The highest BCUT2D eigenvalue weighted by atomic mass is 79.9. The molecule has 0 aliphatic heterocycles. The number of rotatable bonds is 4. The van der Waals surface area contributed by atoms with Gasteiger partial charge in [0.2, 0.25) is 0 Å². The van der Waals surface area contributed by atoms with Gasteiger partial charge in [-0.05, 0) is 11.6 Å². The molecule has 0 aromatic heterocycles. The highest BCUT2D eigenvalue weighted by Gasteiger charge is 2.08. The van der Waals surface area contributed by atoms with Gasteiger partial charge in [0, 0.05) is 37.2 Å². The summed E-state index contributed by atoms with van der Waals surface area (Å²) in [6.07, 6.45) is 0. The van der Waals surface area contributed by atoms with Crippen molar-refractivity contribution >= 4 is 21.6 Å². The lowest BCUT2D eigenvalue weighted by molar-refractivity contribution is -0.385. The van der Waals surface area contributed by atoms with Crippen LogP contribution in [-0.4, -0.2) is 24.0 Å². The number of nitrogens with one attached hydrogen (secondary N) is 1. The molecule has 0 unspecified atom stereocenters. The van der Waals surface area contributed by atoms with Gasteiger partial charge in [0.1, 0.15) is 0 Å². The Morgan fingerprint density at radius 3 is 2.67 bits per heavy atom. The smallest absolute Gasteiger partial charge is 0.258 e. The molecular weight excluding hydrogens is 262 g/mol. The minimum atomic E-state index is -0.399. The van der Waals surface area contributed by atoms with Gasteiger partial charge < -0.3 is 0 Å². The van der Waals surface area contributed by atoms with E-state index >= 15 is 0 Å². The largest absolute Gasteiger partial charge is 0.270 e. The average Bonchev–Trinajstić information content (AvgIpc) is 2.13. The van der Waals surface area contributed by atoms with Crippen LogP contribution < -0.4 is 5.43 Å². The number of nitrogens with zero attached hydrogens (tertiary/aromatic N) is 2. The number of benzene rings is 1. The first-order valence-electron chi connectivity index (χ1n) is 4.33. The van der Waals surface area contributed by atoms with E-state index in [9.17, 15) is 10.1 Å². The molecular formula is C9H12BrN3O2. The average molecular weight is 274 g/mol. The molecule has 6 heteroatoms. The van der Waals surface area contributed by atoms with Crippen LogP contribution in [0, 0.1) is 10.1 Å². The van der Waals surface area contributed by atoms with E-state index in [4.69, 9.17) is 0 Å². The van der Waals surface area contributed by atoms with E-state index in [1.807, 2.05) is 20.2 Å². The first-order valence-corrected chi connectivity index (χ1v) is 5.13. The second-order valence-electron chi connectivity index (χ2n) is 3.30. The number of hydrogen-bond acceptors (Lipinski definition) is 4. The van der Waals surface area contributed by atoms with Gasteiger partial charge in [0.15, 0.2) is 0 Å². The summed E-state index contributed by atoms with van der Waals surface area (Å²) in [6.45, 7) is 0.563. The number of non-ortho nitro benzene ring substituents is 1. The van der Waals surface area contributed by atoms with E-state index in [1.165, 1.54) is 6.07 Å². The predicted molar refractivity (Wildman–Crippen MR) is 61.3 cm³/mol. The molecule has 0 amide bonds. The van der Waals surface area contributed by atoms with Crippen molar-refractivity contribution in [3.8, 4) is 0 Å². The Morgan fingerprint density at radius 1 is 1.47 bits per heavy atom. The second kappa shape index (κ2) is 5.20. The maximum atomic E-state index is 10.6. The van der Waals surface area contributed by atoms with Crippen LogP contribution >= 0.6 is 15.9 Å². The van der Waals surface area contributed by atoms with E-state index in [1.54, 1.807) is 11.1 Å². The fraction of sp³-hybridized carbons (Fsp3) is 0.333. The lowest BCUT2D eigenvalue weighted by atomic mass is 10.2. The van der Waals surface area contributed by atoms with Crippen molar-refractivity contribution in [3.05, 3.63) is 38.3 Å². The molecule has 1 aromatic rings. The number of nitro benzene ring substituents is 1. The van der Waals surface area contributed by atoms with Crippen molar-refractivity contribution in [2.75, 3.05) is 14.1 Å². The minimum absolute atomic E-state index is 0.0972. The lowest BCUT2D eigenvalue weighted by Crippen LogP contribution is -2.29. The molecule has 0 saturated carbocycles. The molecule has 0 saturated heterocycles. The van der Waals surface area contributed by atoms with Crippen LogP contribution in [0.5, 0.6) is 0 Å². The molecule has 0 fully saturated rings. The highest BCUT2D eigenvalue weighted by Crippen LogP contribution is 2.21. The molecule has 0 atom stereocenters. The summed E-state index contributed by atoms with van der Waals surface area (Å²) in [5.41, 5.74) is 4.01. The van der Waals surface area contributed by atoms with Crippen molar-refractivity contribution in [1.82, 2.24) is 10.4 Å². The monoisotopic (exact) mass is 273 g/mol. The van der Waals surface area contributed by atoms with Gasteiger partial charge >= 0.3 is 0 Å². The first kappa shape index (κ1) is 12.1. The van der Waals surface area contributed by atoms with E-state index in [0.29, 0.717) is 11.0 Å². The summed E-state index contributed by atoms with van der Waals surface area (Å²) in [7, 11) is 3.73. The molecule has 0 heterocycles. The molecule has 5 nitrogen and oxygen atoms in total. The summed E-state index contributed by atoms with van der Waals surface area (Å²) in [6, 6.07) is 4.89. The van der Waals surface area contributed by atoms with E-state index in [-0.39, 0.29) is 5.69 Å². The van der Waals surface area contributed by atoms with Crippen LogP contribution in [0.3, 0.4) is 0 Å². The molecule has 0 aliphatic carbocycles. The molecule has 1 N–H and O–H groups in total. The van der Waals surface area contributed by atoms with Crippen molar-refractivity contribution in [2.24, 2.45) is 0 Å². The van der Waals surface area contributed by atoms with Crippen molar-refractivity contribution in [1.29, 1.82) is 0 Å². The lowest BCUT2D eigenvalue weighted by Gasteiger charge is -2.11. The first-order chi connectivity index (χ1) is 6.99. The third-order valence-electron chi connectivity index (χ3n) is 1.75. The standard InChI is InChI=1S/C9H12BrN3O2/c1-12(2)11-6-7-3-8(10)5-9(4-7)13(14)15/h3-5,11H,6H2,1-2H3. The van der Waals surface area contributed by atoms with E-state index < -0.39 is 4.92 Å². The SMILES string of the molecule is CN(C)NCc1cc(Br)cc([N+](=O)[O-])c1. The van der Waals surface area contributed by atoms with E-state index in [2.05, 4.69) is 21.4 Å². The number of halogens is 1. The van der Waals surface area contributed by atoms with Crippen molar-refractivity contribution < 1.29 is 4.92 Å². The predicted octanol–water partition coefficient (Wildman–Crippen LogP) is 1.92. The Kier molecular flexibility index (Phi) is 4.19. The zero-order valence-electron chi connectivity index (χ0n) is 8.53. The van der Waals surface area contributed by atoms with Crippen LogP contribution in [0.2, 0.25) is 0 Å². The van der Waals surface area contributed by atoms with Gasteiger partial charge in [-0.25, -0.2) is 0 Å². The molecule has 1 aromatic carbocycles. The van der Waals surface area contributed by atoms with Gasteiger partial charge in [-0.15, -0.1) is 0 Å². The van der Waals surface area contributed by atoms with Crippen LogP contribution in [0.4, 0.5) is 5.69 Å². The summed E-state index contributed by atoms with van der Waals surface area (Å²) in [5, 5.41) is 12.4. The Balaban J connectivity index is 2.84. The Morgan fingerprint density at radius 2 is 2.13 bits per heavy atom. The number of hydrogen-bond donors (Lipinski definition) is 1. The van der Waals surface area contributed by atoms with Crippen molar-refractivity contribution in [3.63, 3.8) is 0 Å². The normalized spacial score (nSPS) is 10.7. The number of hydrazine groups is 1. The summed E-state index contributed by atoms with van der Waals surface area (Å²) in [5.74, 6) is 0. The molecule has 1 rings (SSSR count). The quantitative estimate of drug-likeness (QED) is 0.673. The van der Waals surface area contributed by atoms with Gasteiger partial charge in [-0.1, -0.05) is 15.9 Å². The fourth-order valence-electron chi connectivity index (χ4n) is 1.09.